The molecule has 0 aromatic carbocycles. The van der Waals surface area contributed by atoms with Gasteiger partial charge < -0.3 is 20.6 Å². The molecule has 1 aromatic heterocycles. The average Bonchev–Trinajstić information content (AvgIpc) is 2.38. The predicted octanol–water partition coefficient (Wildman–Crippen LogP) is 0.994. The maximum Gasteiger partial charge on any atom is 0.140 e. The Bertz CT molecular complexity index is 524. The van der Waals surface area contributed by atoms with Crippen molar-refractivity contribution in [2.75, 3.05) is 20.3 Å². The summed E-state index contributed by atoms with van der Waals surface area (Å²) in [7, 11) is 1.63. The van der Waals surface area contributed by atoms with Crippen LogP contribution in [0, 0.1) is 12.8 Å². The first-order chi connectivity index (χ1) is 10.0. The molecule has 0 radical (unpaired) electrons. The van der Waals surface area contributed by atoms with Gasteiger partial charge in [-0.3, -0.25) is 0 Å². The Morgan fingerprint density at radius 3 is 2.67 bits per heavy atom. The van der Waals surface area contributed by atoms with Crippen LogP contribution in [0.5, 0.6) is 5.75 Å². The lowest BCUT2D eigenvalue weighted by atomic mass is 9.86. The van der Waals surface area contributed by atoms with Gasteiger partial charge in [-0.15, -0.1) is 0 Å². The van der Waals surface area contributed by atoms with E-state index in [1.165, 1.54) is 24.3 Å². The number of rotatable bonds is 6. The van der Waals surface area contributed by atoms with Crippen LogP contribution in [0.3, 0.4) is 0 Å². The molecule has 0 unspecified atom stereocenters. The van der Waals surface area contributed by atoms with Crippen LogP contribution in [0.25, 0.3) is 5.70 Å². The van der Waals surface area contributed by atoms with E-state index < -0.39 is 0 Å². The fourth-order valence-corrected chi connectivity index (χ4v) is 2.25. The molecule has 5 N–H and O–H groups in total. The van der Waals surface area contributed by atoms with Crippen molar-refractivity contribution in [1.82, 2.24) is 9.99 Å². The Labute approximate surface area is 125 Å². The van der Waals surface area contributed by atoms with E-state index in [9.17, 15) is 5.11 Å². The van der Waals surface area contributed by atoms with Crippen molar-refractivity contribution in [2.45, 2.75) is 26.2 Å². The number of nitrogens with zero attached hydrogens (tertiary/aromatic N) is 2. The zero-order chi connectivity index (χ0) is 15.4. The largest absolute Gasteiger partial charge is 0.491 e. The number of aryl methyl sites for hydroxylation is 1. The minimum atomic E-state index is -0.237. The zero-order valence-electron chi connectivity index (χ0n) is 12.7. The van der Waals surface area contributed by atoms with Gasteiger partial charge in [0, 0.05) is 7.05 Å². The lowest BCUT2D eigenvalue weighted by molar-refractivity contribution is 0.179. The third-order valence-electron chi connectivity index (χ3n) is 3.90. The number of hydrogen-bond acceptors (Lipinski definition) is 6. The summed E-state index contributed by atoms with van der Waals surface area (Å²) in [4.78, 5) is 4.44. The number of aliphatic hydroxyl groups is 1. The molecule has 6 nitrogen and oxygen atoms in total. The highest BCUT2D eigenvalue weighted by Gasteiger charge is 2.18. The Balaban J connectivity index is 2.13. The van der Waals surface area contributed by atoms with Crippen LogP contribution < -0.4 is 16.3 Å². The van der Waals surface area contributed by atoms with Gasteiger partial charge in [-0.2, -0.15) is 0 Å². The first kappa shape index (κ1) is 15.6. The molecule has 1 aromatic rings. The van der Waals surface area contributed by atoms with Gasteiger partial charge in [0.2, 0.25) is 0 Å². The molecule has 0 bridgehead atoms. The standard InChI is InChI=1S/C15H24N4O2/c1-10-14(21-9-11-4-3-5-11)7-6-12(18-10)15(16)13(8-20)19(2)17/h6-7,11,20H,3-5,8-9,16-17H2,1-2H3/b15-13-. The summed E-state index contributed by atoms with van der Waals surface area (Å²) in [5.41, 5.74) is 8.20. The maximum atomic E-state index is 9.32. The summed E-state index contributed by atoms with van der Waals surface area (Å²) < 4.78 is 5.81. The molecule has 0 atom stereocenters. The number of aliphatic hydroxyl groups excluding tert-OH is 1. The van der Waals surface area contributed by atoms with Gasteiger partial charge in [0.1, 0.15) is 5.75 Å². The summed E-state index contributed by atoms with van der Waals surface area (Å²) >= 11 is 0. The zero-order valence-corrected chi connectivity index (χ0v) is 12.7. The van der Waals surface area contributed by atoms with Crippen LogP contribution in [0.2, 0.25) is 0 Å². The molecular formula is C15H24N4O2. The Morgan fingerprint density at radius 2 is 2.19 bits per heavy atom. The Hall–Kier alpha value is -1.79. The molecule has 1 aliphatic rings. The second kappa shape index (κ2) is 6.78. The lowest BCUT2D eigenvalue weighted by Gasteiger charge is -2.25. The smallest absolute Gasteiger partial charge is 0.140 e. The number of ether oxygens (including phenoxy) is 1. The molecule has 6 heteroatoms. The molecule has 0 aliphatic heterocycles. The van der Waals surface area contributed by atoms with E-state index in [4.69, 9.17) is 16.3 Å². The molecule has 116 valence electrons. The molecule has 1 fully saturated rings. The fourth-order valence-electron chi connectivity index (χ4n) is 2.25. The van der Waals surface area contributed by atoms with E-state index in [0.29, 0.717) is 23.0 Å². The van der Waals surface area contributed by atoms with E-state index in [-0.39, 0.29) is 6.61 Å². The summed E-state index contributed by atoms with van der Waals surface area (Å²) in [5, 5.41) is 10.6. The minimum absolute atomic E-state index is 0.237. The van der Waals surface area contributed by atoms with E-state index in [1.54, 1.807) is 13.1 Å². The van der Waals surface area contributed by atoms with Gasteiger partial charge in [0.05, 0.1) is 36.0 Å². The molecule has 21 heavy (non-hydrogen) atoms. The summed E-state index contributed by atoms with van der Waals surface area (Å²) in [5.74, 6) is 7.10. The summed E-state index contributed by atoms with van der Waals surface area (Å²) in [6.07, 6.45) is 3.81. The number of likely N-dealkylation sites (N-methyl/N-ethyl adjacent to an activating group) is 1. The monoisotopic (exact) mass is 292 g/mol. The van der Waals surface area contributed by atoms with Crippen molar-refractivity contribution in [3.63, 3.8) is 0 Å². The molecule has 2 rings (SSSR count). The Kier molecular flexibility index (Phi) is 5.03. The van der Waals surface area contributed by atoms with Crippen molar-refractivity contribution in [3.05, 3.63) is 29.2 Å². The van der Waals surface area contributed by atoms with Crippen LogP contribution in [-0.2, 0) is 0 Å². The van der Waals surface area contributed by atoms with E-state index in [0.717, 1.165) is 18.1 Å². The number of nitrogens with two attached hydrogens (primary N) is 2. The normalized spacial score (nSPS) is 16.2. The predicted molar refractivity (Wildman–Crippen MR) is 82.0 cm³/mol. The van der Waals surface area contributed by atoms with Crippen LogP contribution >= 0.6 is 0 Å². The molecular weight excluding hydrogens is 268 g/mol. The van der Waals surface area contributed by atoms with Gasteiger partial charge in [-0.05, 0) is 37.8 Å². The van der Waals surface area contributed by atoms with Crippen LogP contribution in [0.1, 0.15) is 30.7 Å². The van der Waals surface area contributed by atoms with E-state index in [1.807, 2.05) is 13.0 Å². The fraction of sp³-hybridized carbons (Fsp3) is 0.533. The van der Waals surface area contributed by atoms with Crippen molar-refractivity contribution >= 4 is 5.70 Å². The first-order valence-corrected chi connectivity index (χ1v) is 7.21. The van der Waals surface area contributed by atoms with Gasteiger partial charge in [0.25, 0.3) is 0 Å². The number of aromatic nitrogens is 1. The average molecular weight is 292 g/mol. The van der Waals surface area contributed by atoms with Crippen LogP contribution in [-0.4, -0.2) is 35.4 Å². The maximum absolute atomic E-state index is 9.32. The number of hydrogen-bond donors (Lipinski definition) is 3. The second-order valence-corrected chi connectivity index (χ2v) is 5.52. The summed E-state index contributed by atoms with van der Waals surface area (Å²) in [6, 6.07) is 3.66. The van der Waals surface area contributed by atoms with E-state index >= 15 is 0 Å². The summed E-state index contributed by atoms with van der Waals surface area (Å²) in [6.45, 7) is 2.40. The topological polar surface area (TPSA) is 97.6 Å². The van der Waals surface area contributed by atoms with Crippen molar-refractivity contribution < 1.29 is 9.84 Å². The van der Waals surface area contributed by atoms with Crippen molar-refractivity contribution in [3.8, 4) is 5.75 Å². The highest BCUT2D eigenvalue weighted by molar-refractivity contribution is 5.63. The molecule has 0 amide bonds. The van der Waals surface area contributed by atoms with Gasteiger partial charge in [0.15, 0.2) is 0 Å². The van der Waals surface area contributed by atoms with Crippen LogP contribution in [0.4, 0.5) is 0 Å². The Morgan fingerprint density at radius 1 is 1.48 bits per heavy atom. The molecule has 1 aliphatic carbocycles. The van der Waals surface area contributed by atoms with Gasteiger partial charge in [-0.1, -0.05) is 6.42 Å². The molecule has 0 spiro atoms. The molecule has 0 saturated heterocycles. The molecule has 1 heterocycles. The lowest BCUT2D eigenvalue weighted by Crippen LogP contribution is -2.29. The van der Waals surface area contributed by atoms with Gasteiger partial charge >= 0.3 is 0 Å². The third-order valence-corrected chi connectivity index (χ3v) is 3.90. The number of pyridine rings is 1. The van der Waals surface area contributed by atoms with E-state index in [2.05, 4.69) is 4.98 Å². The van der Waals surface area contributed by atoms with Crippen LogP contribution in [0.15, 0.2) is 17.8 Å². The SMILES string of the molecule is Cc1nc(/C(N)=C(\CO)N(C)N)ccc1OCC1CCC1. The highest BCUT2D eigenvalue weighted by Crippen LogP contribution is 2.28. The highest BCUT2D eigenvalue weighted by atomic mass is 16.5. The number of hydrazine groups is 1. The van der Waals surface area contributed by atoms with Crippen molar-refractivity contribution in [2.24, 2.45) is 17.5 Å². The second-order valence-electron chi connectivity index (χ2n) is 5.52. The first-order valence-electron chi connectivity index (χ1n) is 7.21. The third kappa shape index (κ3) is 3.65. The minimum Gasteiger partial charge on any atom is -0.491 e. The van der Waals surface area contributed by atoms with Crippen molar-refractivity contribution in [1.29, 1.82) is 0 Å². The quantitative estimate of drug-likeness (QED) is 0.534. The molecule has 1 saturated carbocycles. The van der Waals surface area contributed by atoms with Gasteiger partial charge in [-0.25, -0.2) is 10.8 Å².